The highest BCUT2D eigenvalue weighted by Gasteiger charge is 2.20. The van der Waals surface area contributed by atoms with Crippen molar-refractivity contribution in [2.45, 2.75) is 6.54 Å². The first-order chi connectivity index (χ1) is 12.1. The lowest BCUT2D eigenvalue weighted by Gasteiger charge is -2.35. The molecule has 3 rings (SSSR count). The molecule has 1 aliphatic rings. The van der Waals surface area contributed by atoms with Crippen molar-refractivity contribution in [3.8, 4) is 0 Å². The van der Waals surface area contributed by atoms with Gasteiger partial charge < -0.3 is 10.2 Å². The minimum atomic E-state index is -0.318. The van der Waals surface area contributed by atoms with Gasteiger partial charge in [-0.3, -0.25) is 9.69 Å². The van der Waals surface area contributed by atoms with Crippen molar-refractivity contribution >= 4 is 11.6 Å². The van der Waals surface area contributed by atoms with E-state index in [-0.39, 0.29) is 30.6 Å². The van der Waals surface area contributed by atoms with Crippen molar-refractivity contribution in [3.63, 3.8) is 0 Å². The number of amides is 1. The van der Waals surface area contributed by atoms with E-state index in [0.717, 1.165) is 0 Å². The van der Waals surface area contributed by atoms with Crippen molar-refractivity contribution in [3.05, 3.63) is 65.7 Å². The fourth-order valence-electron chi connectivity index (χ4n) is 2.95. The lowest BCUT2D eigenvalue weighted by atomic mass is 10.2. The summed E-state index contributed by atoms with van der Waals surface area (Å²) in [6.45, 7) is 3.15. The normalized spacial score (nSPS) is 15.2. The Kier molecular flexibility index (Phi) is 5.60. The van der Waals surface area contributed by atoms with E-state index in [2.05, 4.69) is 5.32 Å². The molecule has 25 heavy (non-hydrogen) atoms. The van der Waals surface area contributed by atoms with Gasteiger partial charge in [0.15, 0.2) is 0 Å². The van der Waals surface area contributed by atoms with Crippen LogP contribution in [0.15, 0.2) is 48.5 Å². The van der Waals surface area contributed by atoms with Crippen LogP contribution in [0.25, 0.3) is 0 Å². The Morgan fingerprint density at radius 1 is 0.920 bits per heavy atom. The molecule has 1 aliphatic heterocycles. The molecule has 2 aromatic rings. The summed E-state index contributed by atoms with van der Waals surface area (Å²) in [6, 6.07) is 13.1. The molecule has 2 aromatic carbocycles. The third-order valence-corrected chi connectivity index (χ3v) is 4.37. The van der Waals surface area contributed by atoms with Gasteiger partial charge in [0.1, 0.15) is 11.6 Å². The quantitative estimate of drug-likeness (QED) is 0.904. The number of carbonyl (C=O) groups excluding carboxylic acids is 1. The summed E-state index contributed by atoms with van der Waals surface area (Å²) in [5.41, 5.74) is 1.08. The largest absolute Gasteiger partial charge is 0.367 e. The second kappa shape index (κ2) is 8.07. The number of hydrogen-bond donors (Lipinski definition) is 1. The first kappa shape index (κ1) is 17.4. The molecule has 4 nitrogen and oxygen atoms in total. The predicted molar refractivity (Wildman–Crippen MR) is 93.3 cm³/mol. The summed E-state index contributed by atoms with van der Waals surface area (Å²) in [5.74, 6) is -0.678. The number of halogens is 2. The maximum absolute atomic E-state index is 13.8. The first-order valence-corrected chi connectivity index (χ1v) is 8.35. The fourth-order valence-corrected chi connectivity index (χ4v) is 2.95. The minimum Gasteiger partial charge on any atom is -0.367 e. The zero-order chi connectivity index (χ0) is 17.6. The molecule has 0 radical (unpaired) electrons. The van der Waals surface area contributed by atoms with Gasteiger partial charge in [0.25, 0.3) is 0 Å². The van der Waals surface area contributed by atoms with E-state index in [1.807, 2.05) is 15.9 Å². The zero-order valence-electron chi connectivity index (χ0n) is 13.9. The van der Waals surface area contributed by atoms with Crippen LogP contribution in [0.2, 0.25) is 0 Å². The monoisotopic (exact) mass is 345 g/mol. The van der Waals surface area contributed by atoms with Crippen LogP contribution in [0.4, 0.5) is 14.5 Å². The van der Waals surface area contributed by atoms with Crippen LogP contribution in [-0.4, -0.2) is 43.5 Å². The standard InChI is InChI=1S/C19H21F2N3O/c20-16-6-2-1-5-15(16)13-22-19(25)14-23-9-11-24(12-10-23)18-8-4-3-7-17(18)21/h1-8H,9-14H2,(H,22,25). The number of piperazine rings is 1. The van der Waals surface area contributed by atoms with E-state index in [1.165, 1.54) is 12.1 Å². The van der Waals surface area contributed by atoms with Crippen molar-refractivity contribution < 1.29 is 13.6 Å². The van der Waals surface area contributed by atoms with Crippen molar-refractivity contribution in [2.75, 3.05) is 37.6 Å². The van der Waals surface area contributed by atoms with Gasteiger partial charge in [-0.1, -0.05) is 30.3 Å². The van der Waals surface area contributed by atoms with E-state index in [1.54, 1.807) is 30.3 Å². The Labute approximate surface area is 146 Å². The van der Waals surface area contributed by atoms with Gasteiger partial charge >= 0.3 is 0 Å². The molecule has 1 fully saturated rings. The molecule has 1 N–H and O–H groups in total. The second-order valence-corrected chi connectivity index (χ2v) is 6.08. The van der Waals surface area contributed by atoms with Crippen LogP contribution in [0, 0.1) is 11.6 Å². The van der Waals surface area contributed by atoms with Gasteiger partial charge in [-0.2, -0.15) is 0 Å². The van der Waals surface area contributed by atoms with Gasteiger partial charge in [0.2, 0.25) is 5.91 Å². The highest BCUT2D eigenvalue weighted by atomic mass is 19.1. The SMILES string of the molecule is O=C(CN1CCN(c2ccccc2F)CC1)NCc1ccccc1F. The molecule has 0 atom stereocenters. The molecule has 0 aliphatic carbocycles. The molecule has 1 heterocycles. The Hall–Kier alpha value is -2.47. The van der Waals surface area contributed by atoms with E-state index in [9.17, 15) is 13.6 Å². The van der Waals surface area contributed by atoms with Gasteiger partial charge in [0.05, 0.1) is 12.2 Å². The molecule has 0 saturated carbocycles. The predicted octanol–water partition coefficient (Wildman–Crippen LogP) is 2.40. The Morgan fingerprint density at radius 3 is 2.24 bits per heavy atom. The Morgan fingerprint density at radius 2 is 1.56 bits per heavy atom. The van der Waals surface area contributed by atoms with Crippen LogP contribution in [-0.2, 0) is 11.3 Å². The van der Waals surface area contributed by atoms with Gasteiger partial charge in [-0.05, 0) is 18.2 Å². The van der Waals surface area contributed by atoms with E-state index < -0.39 is 0 Å². The summed E-state index contributed by atoms with van der Waals surface area (Å²) in [5, 5.41) is 2.74. The van der Waals surface area contributed by atoms with E-state index in [0.29, 0.717) is 37.4 Å². The van der Waals surface area contributed by atoms with E-state index >= 15 is 0 Å². The number of para-hydroxylation sites is 1. The van der Waals surface area contributed by atoms with Crippen LogP contribution in [0.3, 0.4) is 0 Å². The number of benzene rings is 2. The van der Waals surface area contributed by atoms with E-state index in [4.69, 9.17) is 0 Å². The highest BCUT2D eigenvalue weighted by molar-refractivity contribution is 5.78. The fraction of sp³-hybridized carbons (Fsp3) is 0.316. The van der Waals surface area contributed by atoms with Crippen molar-refractivity contribution in [1.29, 1.82) is 0 Å². The third kappa shape index (κ3) is 4.54. The average molecular weight is 345 g/mol. The van der Waals surface area contributed by atoms with Crippen LogP contribution >= 0.6 is 0 Å². The molecule has 0 aromatic heterocycles. The maximum Gasteiger partial charge on any atom is 0.234 e. The lowest BCUT2D eigenvalue weighted by molar-refractivity contribution is -0.122. The number of nitrogens with one attached hydrogen (secondary N) is 1. The molecule has 1 saturated heterocycles. The molecule has 0 bridgehead atoms. The van der Waals surface area contributed by atoms with Crippen LogP contribution in [0.5, 0.6) is 0 Å². The van der Waals surface area contributed by atoms with Crippen molar-refractivity contribution in [1.82, 2.24) is 10.2 Å². The number of nitrogens with zero attached hydrogens (tertiary/aromatic N) is 2. The maximum atomic E-state index is 13.8. The Bertz CT molecular complexity index is 730. The summed E-state index contributed by atoms with van der Waals surface area (Å²) in [4.78, 5) is 16.1. The highest BCUT2D eigenvalue weighted by Crippen LogP contribution is 2.19. The topological polar surface area (TPSA) is 35.6 Å². The molecular weight excluding hydrogens is 324 g/mol. The molecular formula is C19H21F2N3O. The Balaban J connectivity index is 1.45. The summed E-state index contributed by atoms with van der Waals surface area (Å²) < 4.78 is 27.4. The molecule has 6 heteroatoms. The average Bonchev–Trinajstić information content (AvgIpc) is 2.62. The van der Waals surface area contributed by atoms with Crippen molar-refractivity contribution in [2.24, 2.45) is 0 Å². The number of rotatable bonds is 5. The second-order valence-electron chi connectivity index (χ2n) is 6.08. The smallest absolute Gasteiger partial charge is 0.234 e. The summed E-state index contributed by atoms with van der Waals surface area (Å²) in [6.07, 6.45) is 0. The number of hydrogen-bond acceptors (Lipinski definition) is 3. The van der Waals surface area contributed by atoms with Gasteiger partial charge in [-0.15, -0.1) is 0 Å². The first-order valence-electron chi connectivity index (χ1n) is 8.35. The van der Waals surface area contributed by atoms with Gasteiger partial charge in [-0.25, -0.2) is 8.78 Å². The minimum absolute atomic E-state index is 0.136. The van der Waals surface area contributed by atoms with Crippen LogP contribution in [0.1, 0.15) is 5.56 Å². The number of anilines is 1. The molecule has 0 spiro atoms. The summed E-state index contributed by atoms with van der Waals surface area (Å²) >= 11 is 0. The molecule has 1 amide bonds. The van der Waals surface area contributed by atoms with Gasteiger partial charge in [0, 0.05) is 38.3 Å². The summed E-state index contributed by atoms with van der Waals surface area (Å²) in [7, 11) is 0. The lowest BCUT2D eigenvalue weighted by Crippen LogP contribution is -2.49. The zero-order valence-corrected chi connectivity index (χ0v) is 13.9. The number of carbonyl (C=O) groups is 1. The van der Waals surface area contributed by atoms with Crippen LogP contribution < -0.4 is 10.2 Å². The third-order valence-electron chi connectivity index (χ3n) is 4.37. The molecule has 0 unspecified atom stereocenters. The molecule has 132 valence electrons.